The van der Waals surface area contributed by atoms with E-state index in [1.807, 2.05) is 6.92 Å². The predicted molar refractivity (Wildman–Crippen MR) is 70.5 cm³/mol. The van der Waals surface area contributed by atoms with Crippen molar-refractivity contribution in [1.82, 2.24) is 9.78 Å². The highest BCUT2D eigenvalue weighted by molar-refractivity contribution is 6.31. The molecule has 0 aliphatic carbocycles. The third kappa shape index (κ3) is 3.43. The summed E-state index contributed by atoms with van der Waals surface area (Å²) in [4.78, 5) is 0. The number of methoxy groups -OCH3 is 1. The van der Waals surface area contributed by atoms with Crippen molar-refractivity contribution >= 4 is 11.6 Å². The number of halogens is 2. The zero-order chi connectivity index (χ0) is 13.6. The van der Waals surface area contributed by atoms with Gasteiger partial charge in [-0.1, -0.05) is 18.5 Å². The normalized spacial score (nSPS) is 14.7. The highest BCUT2D eigenvalue weighted by Crippen LogP contribution is 2.36. The molecular formula is C12H21ClFN3O. The van der Waals surface area contributed by atoms with Crippen LogP contribution in [0.2, 0.25) is 5.02 Å². The monoisotopic (exact) mass is 277 g/mol. The number of ether oxygens (including phenoxy) is 1. The molecule has 6 heteroatoms. The number of hydrogen-bond acceptors (Lipinski definition) is 3. The van der Waals surface area contributed by atoms with Crippen molar-refractivity contribution in [2.75, 3.05) is 20.3 Å². The first-order valence-corrected chi connectivity index (χ1v) is 6.56. The van der Waals surface area contributed by atoms with Gasteiger partial charge >= 0.3 is 0 Å². The van der Waals surface area contributed by atoms with Gasteiger partial charge in [-0.25, -0.2) is 4.39 Å². The van der Waals surface area contributed by atoms with Gasteiger partial charge < -0.3 is 10.5 Å². The van der Waals surface area contributed by atoms with E-state index in [0.29, 0.717) is 30.2 Å². The molecule has 0 spiro atoms. The van der Waals surface area contributed by atoms with Crippen LogP contribution < -0.4 is 5.73 Å². The molecule has 18 heavy (non-hydrogen) atoms. The summed E-state index contributed by atoms with van der Waals surface area (Å²) in [5, 5.41) is 4.47. The number of hydrogen-bond donors (Lipinski definition) is 1. The fraction of sp³-hybridized carbons (Fsp3) is 0.750. The van der Waals surface area contributed by atoms with Gasteiger partial charge in [0.2, 0.25) is 0 Å². The maximum absolute atomic E-state index is 15.1. The summed E-state index contributed by atoms with van der Waals surface area (Å²) in [7, 11) is 1.48. The van der Waals surface area contributed by atoms with Gasteiger partial charge in [0.15, 0.2) is 5.67 Å². The van der Waals surface area contributed by atoms with Crippen LogP contribution in [0.25, 0.3) is 0 Å². The number of alkyl halides is 1. The quantitative estimate of drug-likeness (QED) is 0.794. The molecule has 1 aromatic heterocycles. The van der Waals surface area contributed by atoms with Gasteiger partial charge in [-0.15, -0.1) is 0 Å². The van der Waals surface area contributed by atoms with E-state index in [-0.39, 0.29) is 13.0 Å². The molecule has 1 atom stereocenters. The van der Waals surface area contributed by atoms with Crippen molar-refractivity contribution in [1.29, 1.82) is 0 Å². The third-order valence-electron chi connectivity index (χ3n) is 2.80. The van der Waals surface area contributed by atoms with Crippen molar-refractivity contribution in [2.45, 2.75) is 38.4 Å². The number of nitrogens with two attached hydrogens (primary N) is 1. The van der Waals surface area contributed by atoms with E-state index in [1.165, 1.54) is 13.3 Å². The van der Waals surface area contributed by atoms with Crippen LogP contribution in [0.15, 0.2) is 6.20 Å². The summed E-state index contributed by atoms with van der Waals surface area (Å²) < 4.78 is 21.7. The van der Waals surface area contributed by atoms with Crippen LogP contribution in [0.3, 0.4) is 0 Å². The first-order valence-electron chi connectivity index (χ1n) is 6.18. The Morgan fingerprint density at radius 2 is 2.33 bits per heavy atom. The average molecular weight is 278 g/mol. The first kappa shape index (κ1) is 15.4. The summed E-state index contributed by atoms with van der Waals surface area (Å²) in [6, 6.07) is 0. The van der Waals surface area contributed by atoms with Crippen LogP contribution >= 0.6 is 11.6 Å². The molecule has 0 aliphatic heterocycles. The topological polar surface area (TPSA) is 53.1 Å². The lowest BCUT2D eigenvalue weighted by Crippen LogP contribution is -2.31. The van der Waals surface area contributed by atoms with Crippen molar-refractivity contribution in [2.24, 2.45) is 5.73 Å². The van der Waals surface area contributed by atoms with E-state index in [4.69, 9.17) is 22.1 Å². The van der Waals surface area contributed by atoms with Crippen molar-refractivity contribution in [3.8, 4) is 0 Å². The van der Waals surface area contributed by atoms with Crippen LogP contribution in [0, 0.1) is 0 Å². The van der Waals surface area contributed by atoms with Crippen molar-refractivity contribution < 1.29 is 9.13 Å². The molecule has 0 aliphatic rings. The van der Waals surface area contributed by atoms with Gasteiger partial charge in [-0.2, -0.15) is 5.10 Å². The van der Waals surface area contributed by atoms with Crippen molar-refractivity contribution in [3.63, 3.8) is 0 Å². The number of rotatable bonds is 8. The second-order valence-electron chi connectivity index (χ2n) is 4.35. The second kappa shape index (κ2) is 7.07. The largest absolute Gasteiger partial charge is 0.381 e. The molecule has 0 aromatic carbocycles. The Balaban J connectivity index is 3.06. The predicted octanol–water partition coefficient (Wildman–Crippen LogP) is 2.50. The Bertz CT molecular complexity index is 372. The highest BCUT2D eigenvalue weighted by atomic mass is 35.5. The third-order valence-corrected chi connectivity index (χ3v) is 3.08. The van der Waals surface area contributed by atoms with Crippen LogP contribution in [0.1, 0.15) is 31.9 Å². The van der Waals surface area contributed by atoms with Crippen LogP contribution in [-0.2, 0) is 17.0 Å². The fourth-order valence-electron chi connectivity index (χ4n) is 2.06. The molecular weight excluding hydrogens is 257 g/mol. The number of aryl methyl sites for hydroxylation is 1. The maximum Gasteiger partial charge on any atom is 0.176 e. The zero-order valence-corrected chi connectivity index (χ0v) is 11.7. The highest BCUT2D eigenvalue weighted by Gasteiger charge is 2.37. The molecule has 1 aromatic rings. The minimum absolute atomic E-state index is 0.0396. The van der Waals surface area contributed by atoms with E-state index in [9.17, 15) is 0 Å². The van der Waals surface area contributed by atoms with E-state index in [2.05, 4.69) is 5.10 Å². The number of aromatic nitrogens is 2. The summed E-state index contributed by atoms with van der Waals surface area (Å²) in [5.41, 5.74) is 4.23. The number of nitrogens with zero attached hydrogens (tertiary/aromatic N) is 2. The lowest BCUT2D eigenvalue weighted by atomic mass is 9.96. The maximum atomic E-state index is 15.1. The summed E-state index contributed by atoms with van der Waals surface area (Å²) in [5.74, 6) is 0. The SMILES string of the molecule is CCCn1ncc(Cl)c1C(F)(CCCN)COC. The van der Waals surface area contributed by atoms with Gasteiger partial charge in [-0.05, 0) is 25.8 Å². The van der Waals surface area contributed by atoms with Crippen LogP contribution in [0.4, 0.5) is 4.39 Å². The molecule has 104 valence electrons. The molecule has 1 heterocycles. The van der Waals surface area contributed by atoms with E-state index >= 15 is 4.39 Å². The van der Waals surface area contributed by atoms with E-state index in [0.717, 1.165) is 6.42 Å². The van der Waals surface area contributed by atoms with Gasteiger partial charge in [0.05, 0.1) is 23.5 Å². The Kier molecular flexibility index (Phi) is 6.05. The average Bonchev–Trinajstić information content (AvgIpc) is 2.69. The lowest BCUT2D eigenvalue weighted by molar-refractivity contribution is 0.0236. The van der Waals surface area contributed by atoms with Crippen LogP contribution in [0.5, 0.6) is 0 Å². The van der Waals surface area contributed by atoms with Gasteiger partial charge in [0.1, 0.15) is 0 Å². The Morgan fingerprint density at radius 3 is 2.89 bits per heavy atom. The summed E-state index contributed by atoms with van der Waals surface area (Å²) in [6.07, 6.45) is 3.21. The molecule has 0 saturated carbocycles. The molecule has 0 saturated heterocycles. The smallest absolute Gasteiger partial charge is 0.176 e. The first-order chi connectivity index (χ1) is 8.59. The fourth-order valence-corrected chi connectivity index (χ4v) is 2.37. The summed E-state index contributed by atoms with van der Waals surface area (Å²) in [6.45, 7) is 3.05. The molecule has 0 bridgehead atoms. The van der Waals surface area contributed by atoms with Gasteiger partial charge in [0.25, 0.3) is 0 Å². The minimum Gasteiger partial charge on any atom is -0.381 e. The van der Waals surface area contributed by atoms with Crippen molar-refractivity contribution in [3.05, 3.63) is 16.9 Å². The molecule has 1 unspecified atom stereocenters. The summed E-state index contributed by atoms with van der Waals surface area (Å²) >= 11 is 6.07. The zero-order valence-electron chi connectivity index (χ0n) is 11.0. The molecule has 2 N–H and O–H groups in total. The Labute approximate surface area is 112 Å². The Morgan fingerprint density at radius 1 is 1.61 bits per heavy atom. The molecule has 0 fully saturated rings. The molecule has 0 amide bonds. The molecule has 4 nitrogen and oxygen atoms in total. The van der Waals surface area contributed by atoms with E-state index < -0.39 is 5.67 Å². The molecule has 1 rings (SSSR count). The second-order valence-corrected chi connectivity index (χ2v) is 4.76. The van der Waals surface area contributed by atoms with Crippen LogP contribution in [-0.4, -0.2) is 30.0 Å². The van der Waals surface area contributed by atoms with Gasteiger partial charge in [-0.3, -0.25) is 4.68 Å². The van der Waals surface area contributed by atoms with E-state index in [1.54, 1.807) is 4.68 Å². The molecule has 0 radical (unpaired) electrons. The van der Waals surface area contributed by atoms with Gasteiger partial charge in [0, 0.05) is 13.7 Å². The Hall–Kier alpha value is -0.650. The lowest BCUT2D eigenvalue weighted by Gasteiger charge is -2.26. The standard InChI is InChI=1S/C12H21ClFN3O/c1-3-7-17-11(10(13)8-16-17)12(14,9-18-2)5-4-6-15/h8H,3-7,9,15H2,1-2H3. The minimum atomic E-state index is -1.63.